The van der Waals surface area contributed by atoms with E-state index in [9.17, 15) is 13.6 Å². The Hall–Kier alpha value is -1.17. The van der Waals surface area contributed by atoms with Gasteiger partial charge in [-0.05, 0) is 20.8 Å². The summed E-state index contributed by atoms with van der Waals surface area (Å²) in [6, 6.07) is 0. The number of carbonyl (C=O) groups excluding carboxylic acids is 1. The summed E-state index contributed by atoms with van der Waals surface area (Å²) in [6.07, 6.45) is -3.01. The molecule has 0 bridgehead atoms. The highest BCUT2D eigenvalue weighted by Crippen LogP contribution is 2.26. The molecular formula is C10H16F2O4. The lowest BCUT2D eigenvalue weighted by Crippen LogP contribution is -2.26. The zero-order valence-corrected chi connectivity index (χ0v) is 9.59. The standard InChI is InChI=1S/C10H16F2O4/c1-4-14-8(7-9(13)15-5-2)10(11,12)16-6-3/h7H,4-6H2,1-3H3. The van der Waals surface area contributed by atoms with E-state index in [0.29, 0.717) is 6.08 Å². The first-order chi connectivity index (χ1) is 7.47. The van der Waals surface area contributed by atoms with Gasteiger partial charge in [0.25, 0.3) is 0 Å². The Morgan fingerprint density at radius 3 is 2.12 bits per heavy atom. The maximum absolute atomic E-state index is 13.3. The molecule has 16 heavy (non-hydrogen) atoms. The molecule has 0 rings (SSSR count). The van der Waals surface area contributed by atoms with E-state index in [4.69, 9.17) is 0 Å². The summed E-state index contributed by atoms with van der Waals surface area (Å²) >= 11 is 0. The van der Waals surface area contributed by atoms with Crippen LogP contribution in [-0.2, 0) is 19.0 Å². The molecule has 0 aliphatic rings. The van der Waals surface area contributed by atoms with E-state index in [1.54, 1.807) is 6.92 Å². The Kier molecular flexibility index (Phi) is 6.64. The van der Waals surface area contributed by atoms with Crippen molar-refractivity contribution in [2.75, 3.05) is 19.8 Å². The van der Waals surface area contributed by atoms with E-state index in [2.05, 4.69) is 14.2 Å². The lowest BCUT2D eigenvalue weighted by atomic mass is 10.4. The van der Waals surface area contributed by atoms with Gasteiger partial charge < -0.3 is 14.2 Å². The minimum absolute atomic E-state index is 0.00784. The highest BCUT2D eigenvalue weighted by molar-refractivity contribution is 5.82. The van der Waals surface area contributed by atoms with Gasteiger partial charge in [-0.3, -0.25) is 0 Å². The topological polar surface area (TPSA) is 44.8 Å². The van der Waals surface area contributed by atoms with Crippen LogP contribution in [0.25, 0.3) is 0 Å². The summed E-state index contributed by atoms with van der Waals surface area (Å²) < 4.78 is 39.9. The third-order valence-electron chi connectivity index (χ3n) is 1.45. The molecule has 0 fully saturated rings. The molecule has 0 unspecified atom stereocenters. The van der Waals surface area contributed by atoms with Crippen LogP contribution in [0.2, 0.25) is 0 Å². The molecule has 0 atom stereocenters. The quantitative estimate of drug-likeness (QED) is 0.387. The summed E-state index contributed by atoms with van der Waals surface area (Å²) in [5.41, 5.74) is 0. The summed E-state index contributed by atoms with van der Waals surface area (Å²) in [5, 5.41) is 0. The maximum atomic E-state index is 13.3. The molecule has 4 nitrogen and oxygen atoms in total. The van der Waals surface area contributed by atoms with Crippen LogP contribution in [0.4, 0.5) is 8.78 Å². The molecule has 0 saturated carbocycles. The van der Waals surface area contributed by atoms with E-state index in [0.717, 1.165) is 0 Å². The molecule has 0 radical (unpaired) electrons. The van der Waals surface area contributed by atoms with Crippen molar-refractivity contribution >= 4 is 5.97 Å². The van der Waals surface area contributed by atoms with Crippen LogP contribution in [0.1, 0.15) is 20.8 Å². The zero-order chi connectivity index (χ0) is 12.6. The lowest BCUT2D eigenvalue weighted by Gasteiger charge is -2.18. The average Bonchev–Trinajstić information content (AvgIpc) is 2.17. The van der Waals surface area contributed by atoms with Gasteiger partial charge in [0.15, 0.2) is 0 Å². The molecule has 0 N–H and O–H groups in total. The first kappa shape index (κ1) is 14.8. The van der Waals surface area contributed by atoms with Gasteiger partial charge in [-0.25, -0.2) is 4.79 Å². The van der Waals surface area contributed by atoms with E-state index < -0.39 is 17.8 Å². The monoisotopic (exact) mass is 238 g/mol. The third-order valence-corrected chi connectivity index (χ3v) is 1.45. The number of esters is 1. The molecule has 0 saturated heterocycles. The fourth-order valence-electron chi connectivity index (χ4n) is 0.909. The van der Waals surface area contributed by atoms with Crippen LogP contribution in [-0.4, -0.2) is 31.9 Å². The summed E-state index contributed by atoms with van der Waals surface area (Å²) in [7, 11) is 0. The molecule has 0 aromatic carbocycles. The van der Waals surface area contributed by atoms with E-state index in [-0.39, 0.29) is 19.8 Å². The lowest BCUT2D eigenvalue weighted by molar-refractivity contribution is -0.229. The molecule has 6 heteroatoms. The SMILES string of the molecule is CCOC(=O)C=C(OCC)C(F)(F)OCC. The van der Waals surface area contributed by atoms with Gasteiger partial charge in [0.1, 0.15) is 0 Å². The molecule has 0 aromatic heterocycles. The Labute approximate surface area is 93.2 Å². The van der Waals surface area contributed by atoms with Crippen LogP contribution in [0, 0.1) is 0 Å². The van der Waals surface area contributed by atoms with Crippen LogP contribution in [0.15, 0.2) is 11.8 Å². The Balaban J connectivity index is 4.76. The number of halogens is 2. The molecule has 0 spiro atoms. The highest BCUT2D eigenvalue weighted by atomic mass is 19.3. The van der Waals surface area contributed by atoms with Crippen LogP contribution in [0.5, 0.6) is 0 Å². The van der Waals surface area contributed by atoms with Crippen molar-refractivity contribution in [1.82, 2.24) is 0 Å². The molecule has 0 aliphatic heterocycles. The minimum Gasteiger partial charge on any atom is -0.489 e. The van der Waals surface area contributed by atoms with Gasteiger partial charge in [-0.2, -0.15) is 8.78 Å². The van der Waals surface area contributed by atoms with Crippen molar-refractivity contribution in [3.8, 4) is 0 Å². The molecule has 94 valence electrons. The van der Waals surface area contributed by atoms with Crippen molar-refractivity contribution in [3.63, 3.8) is 0 Å². The number of rotatable bonds is 7. The first-order valence-electron chi connectivity index (χ1n) is 5.01. The predicted molar refractivity (Wildman–Crippen MR) is 52.9 cm³/mol. The normalized spacial score (nSPS) is 12.4. The van der Waals surface area contributed by atoms with Crippen LogP contribution >= 0.6 is 0 Å². The van der Waals surface area contributed by atoms with Gasteiger partial charge in [0.2, 0.25) is 5.76 Å². The van der Waals surface area contributed by atoms with Gasteiger partial charge >= 0.3 is 12.1 Å². The van der Waals surface area contributed by atoms with Crippen molar-refractivity contribution in [2.45, 2.75) is 26.9 Å². The summed E-state index contributed by atoms with van der Waals surface area (Å²) in [6.45, 7) is 4.44. The van der Waals surface area contributed by atoms with E-state index in [1.165, 1.54) is 13.8 Å². The average molecular weight is 238 g/mol. The number of ether oxygens (including phenoxy) is 3. The molecule has 0 aliphatic carbocycles. The minimum atomic E-state index is -3.61. The van der Waals surface area contributed by atoms with E-state index in [1.807, 2.05) is 0 Å². The van der Waals surface area contributed by atoms with Crippen molar-refractivity contribution in [3.05, 3.63) is 11.8 Å². The fraction of sp³-hybridized carbons (Fsp3) is 0.700. The van der Waals surface area contributed by atoms with Gasteiger partial charge in [-0.15, -0.1) is 0 Å². The van der Waals surface area contributed by atoms with Gasteiger partial charge in [0, 0.05) is 0 Å². The second kappa shape index (κ2) is 7.16. The van der Waals surface area contributed by atoms with Crippen molar-refractivity contribution < 1.29 is 27.8 Å². The Bertz CT molecular complexity index is 251. The van der Waals surface area contributed by atoms with Crippen LogP contribution in [0.3, 0.4) is 0 Å². The number of hydrogen-bond acceptors (Lipinski definition) is 4. The van der Waals surface area contributed by atoms with Gasteiger partial charge in [-0.1, -0.05) is 0 Å². The first-order valence-corrected chi connectivity index (χ1v) is 5.01. The molecule has 0 amide bonds. The Morgan fingerprint density at radius 2 is 1.69 bits per heavy atom. The highest BCUT2D eigenvalue weighted by Gasteiger charge is 2.38. The third kappa shape index (κ3) is 5.06. The second-order valence-electron chi connectivity index (χ2n) is 2.64. The molecule has 0 aromatic rings. The molecular weight excluding hydrogens is 222 g/mol. The predicted octanol–water partition coefficient (Wildman–Crippen LogP) is 2.10. The smallest absolute Gasteiger partial charge is 0.415 e. The largest absolute Gasteiger partial charge is 0.489 e. The molecule has 0 heterocycles. The van der Waals surface area contributed by atoms with Crippen LogP contribution < -0.4 is 0 Å². The second-order valence-corrected chi connectivity index (χ2v) is 2.64. The maximum Gasteiger partial charge on any atom is 0.415 e. The summed E-state index contributed by atoms with van der Waals surface area (Å²) in [4.78, 5) is 11.0. The Morgan fingerprint density at radius 1 is 1.12 bits per heavy atom. The van der Waals surface area contributed by atoms with Crippen molar-refractivity contribution in [1.29, 1.82) is 0 Å². The summed E-state index contributed by atoms with van der Waals surface area (Å²) in [5.74, 6) is -1.72. The zero-order valence-electron chi connectivity index (χ0n) is 9.59. The van der Waals surface area contributed by atoms with Gasteiger partial charge in [0.05, 0.1) is 25.9 Å². The fourth-order valence-corrected chi connectivity index (χ4v) is 0.909. The number of carbonyl (C=O) groups is 1. The van der Waals surface area contributed by atoms with E-state index >= 15 is 0 Å². The number of hydrogen-bond donors (Lipinski definition) is 0. The number of alkyl halides is 2. The van der Waals surface area contributed by atoms with Crippen molar-refractivity contribution in [2.24, 2.45) is 0 Å².